The third-order valence-corrected chi connectivity index (χ3v) is 9.92. The van der Waals surface area contributed by atoms with E-state index in [2.05, 4.69) is 15.1 Å². The third-order valence-electron chi connectivity index (χ3n) is 9.92. The summed E-state index contributed by atoms with van der Waals surface area (Å²) in [6.45, 7) is 7.52. The Bertz CT molecular complexity index is 1780. The van der Waals surface area contributed by atoms with Crippen LogP contribution in [-0.2, 0) is 6.42 Å². The molecule has 5 heterocycles. The van der Waals surface area contributed by atoms with Gasteiger partial charge in [-0.2, -0.15) is 9.97 Å². The summed E-state index contributed by atoms with van der Waals surface area (Å²) in [6.07, 6.45) is 6.49. The number of piperazine rings is 1. The average molecular weight is 617 g/mol. The van der Waals surface area contributed by atoms with Gasteiger partial charge in [-0.25, -0.2) is 13.8 Å². The predicted molar refractivity (Wildman–Crippen MR) is 168 cm³/mol. The Morgan fingerprint density at radius 3 is 2.51 bits per heavy atom. The molecule has 0 bridgehead atoms. The van der Waals surface area contributed by atoms with Gasteiger partial charge in [0.2, 0.25) is 0 Å². The van der Waals surface area contributed by atoms with E-state index in [1.807, 2.05) is 6.92 Å². The Balaban J connectivity index is 1.32. The number of phenolic OH excluding ortho intramolecular Hbond substituents is 1. The minimum atomic E-state index is -0.666. The topological polar surface area (TPSA) is 95.9 Å². The number of pyridine rings is 1. The summed E-state index contributed by atoms with van der Waals surface area (Å²) in [4.78, 5) is 19.1. The molecule has 2 N–H and O–H groups in total. The highest BCUT2D eigenvalue weighted by Gasteiger charge is 2.45. The lowest BCUT2D eigenvalue weighted by Crippen LogP contribution is -2.44. The summed E-state index contributed by atoms with van der Waals surface area (Å²) in [5.41, 5.74) is 0.951. The van der Waals surface area contributed by atoms with E-state index in [0.29, 0.717) is 53.8 Å². The van der Waals surface area contributed by atoms with Crippen molar-refractivity contribution in [2.24, 2.45) is 0 Å². The molecule has 236 valence electrons. The van der Waals surface area contributed by atoms with E-state index in [0.717, 1.165) is 64.7 Å². The Morgan fingerprint density at radius 1 is 1.00 bits per heavy atom. The number of phenols is 1. The van der Waals surface area contributed by atoms with E-state index in [1.54, 1.807) is 6.07 Å². The van der Waals surface area contributed by atoms with Gasteiger partial charge in [0.1, 0.15) is 29.4 Å². The number of hydrogen-bond acceptors (Lipinski definition) is 9. The van der Waals surface area contributed by atoms with Crippen molar-refractivity contribution in [1.29, 1.82) is 0 Å². The molecule has 4 aromatic rings. The summed E-state index contributed by atoms with van der Waals surface area (Å²) in [6, 6.07) is 5.99. The number of aromatic nitrogens is 3. The van der Waals surface area contributed by atoms with Gasteiger partial charge in [0.25, 0.3) is 0 Å². The monoisotopic (exact) mass is 616 g/mol. The first-order chi connectivity index (χ1) is 21.9. The molecule has 8 rings (SSSR count). The van der Waals surface area contributed by atoms with Gasteiger partial charge < -0.3 is 24.8 Å². The molecule has 11 heteroatoms. The Labute approximate surface area is 260 Å². The molecular formula is C34H38F2N6O3. The van der Waals surface area contributed by atoms with E-state index in [4.69, 9.17) is 24.4 Å². The summed E-state index contributed by atoms with van der Waals surface area (Å²) < 4.78 is 44.7. The van der Waals surface area contributed by atoms with Crippen LogP contribution >= 0.6 is 0 Å². The van der Waals surface area contributed by atoms with Crippen molar-refractivity contribution < 1.29 is 23.4 Å². The standard InChI is InChI=1S/C34H38F2N6O3/c1-2-25-27-30(28(36)29(38-25)23-18-21(43)17-20-5-8-24(35)31(26(20)23)45-22-6-7-22)39-33(40-32(27)41-15-11-37-12-16-41)44-19-34-9-3-13-42(34)14-4-10-34/h5,8,17-18,22,37,43H,2-4,6-7,9-16,19H2,1H3. The molecule has 0 amide bonds. The van der Waals surface area contributed by atoms with E-state index < -0.39 is 11.6 Å². The van der Waals surface area contributed by atoms with Crippen LogP contribution in [0, 0.1) is 11.6 Å². The maximum absolute atomic E-state index is 17.1. The quantitative estimate of drug-likeness (QED) is 0.272. The van der Waals surface area contributed by atoms with Crippen LogP contribution < -0.4 is 19.7 Å². The number of aryl methyl sites for hydroxylation is 1. The van der Waals surface area contributed by atoms with Crippen LogP contribution in [0.25, 0.3) is 32.9 Å². The van der Waals surface area contributed by atoms with Crippen LogP contribution in [0.1, 0.15) is 51.1 Å². The first kappa shape index (κ1) is 28.6. The summed E-state index contributed by atoms with van der Waals surface area (Å²) in [5, 5.41) is 15.6. The maximum atomic E-state index is 17.1. The Morgan fingerprint density at radius 2 is 1.78 bits per heavy atom. The van der Waals surface area contributed by atoms with Gasteiger partial charge in [-0.15, -0.1) is 0 Å². The van der Waals surface area contributed by atoms with Crippen molar-refractivity contribution in [1.82, 2.24) is 25.2 Å². The first-order valence-electron chi connectivity index (χ1n) is 16.3. The molecule has 1 aliphatic carbocycles. The van der Waals surface area contributed by atoms with Gasteiger partial charge in [0, 0.05) is 37.1 Å². The number of benzene rings is 2. The fourth-order valence-electron chi connectivity index (χ4n) is 7.52. The zero-order valence-electron chi connectivity index (χ0n) is 25.5. The van der Waals surface area contributed by atoms with Gasteiger partial charge in [0.15, 0.2) is 17.4 Å². The molecule has 3 aliphatic heterocycles. The molecule has 9 nitrogen and oxygen atoms in total. The Kier molecular flexibility index (Phi) is 7.13. The minimum absolute atomic E-state index is 0.0150. The molecule has 2 aromatic carbocycles. The molecule has 0 radical (unpaired) electrons. The molecule has 3 saturated heterocycles. The average Bonchev–Trinajstić information content (AvgIpc) is 3.65. The Hall–Kier alpha value is -3.83. The molecule has 4 aliphatic rings. The minimum Gasteiger partial charge on any atom is -0.508 e. The number of nitrogens with zero attached hydrogens (tertiary/aromatic N) is 5. The highest BCUT2D eigenvalue weighted by atomic mass is 19.1. The lowest BCUT2D eigenvalue weighted by molar-refractivity contribution is 0.108. The number of aromatic hydroxyl groups is 1. The third kappa shape index (κ3) is 5.00. The number of halogens is 2. The zero-order valence-corrected chi connectivity index (χ0v) is 25.5. The molecule has 2 aromatic heterocycles. The molecule has 45 heavy (non-hydrogen) atoms. The van der Waals surface area contributed by atoms with Crippen molar-refractivity contribution >= 4 is 27.5 Å². The molecular weight excluding hydrogens is 578 g/mol. The van der Waals surface area contributed by atoms with Gasteiger partial charge in [-0.1, -0.05) is 13.0 Å². The van der Waals surface area contributed by atoms with Gasteiger partial charge in [-0.3, -0.25) is 4.90 Å². The highest BCUT2D eigenvalue weighted by Crippen LogP contribution is 2.44. The summed E-state index contributed by atoms with van der Waals surface area (Å²) >= 11 is 0. The molecule has 0 unspecified atom stereocenters. The number of fused-ring (bicyclic) bond motifs is 3. The van der Waals surface area contributed by atoms with Crippen LogP contribution in [-0.4, -0.2) is 82.5 Å². The second-order valence-electron chi connectivity index (χ2n) is 12.9. The first-order valence-corrected chi connectivity index (χ1v) is 16.3. The van der Waals surface area contributed by atoms with E-state index in [9.17, 15) is 5.11 Å². The van der Waals surface area contributed by atoms with Crippen molar-refractivity contribution in [3.05, 3.63) is 41.6 Å². The summed E-state index contributed by atoms with van der Waals surface area (Å²) in [5.74, 6) is -0.617. The second-order valence-corrected chi connectivity index (χ2v) is 12.9. The zero-order chi connectivity index (χ0) is 30.7. The number of ether oxygens (including phenoxy) is 2. The number of rotatable bonds is 8. The van der Waals surface area contributed by atoms with Crippen LogP contribution in [0.15, 0.2) is 24.3 Å². The molecule has 0 spiro atoms. The number of anilines is 1. The number of hydrogen-bond donors (Lipinski definition) is 2. The van der Waals surface area contributed by atoms with Gasteiger partial charge >= 0.3 is 6.01 Å². The fourth-order valence-corrected chi connectivity index (χ4v) is 7.52. The van der Waals surface area contributed by atoms with Crippen LogP contribution in [0.4, 0.5) is 14.6 Å². The predicted octanol–water partition coefficient (Wildman–Crippen LogP) is 5.35. The molecule has 1 saturated carbocycles. The smallest absolute Gasteiger partial charge is 0.319 e. The van der Waals surface area contributed by atoms with Crippen LogP contribution in [0.2, 0.25) is 0 Å². The van der Waals surface area contributed by atoms with Gasteiger partial charge in [-0.05, 0) is 81.6 Å². The van der Waals surface area contributed by atoms with Crippen LogP contribution in [0.5, 0.6) is 17.5 Å². The summed E-state index contributed by atoms with van der Waals surface area (Å²) in [7, 11) is 0. The highest BCUT2D eigenvalue weighted by molar-refractivity contribution is 6.03. The van der Waals surface area contributed by atoms with E-state index >= 15 is 8.78 Å². The molecule has 4 fully saturated rings. The maximum Gasteiger partial charge on any atom is 0.319 e. The lowest BCUT2D eigenvalue weighted by Gasteiger charge is -2.32. The molecule has 0 atom stereocenters. The van der Waals surface area contributed by atoms with Crippen molar-refractivity contribution in [3.63, 3.8) is 0 Å². The largest absolute Gasteiger partial charge is 0.508 e. The van der Waals surface area contributed by atoms with E-state index in [-0.39, 0.29) is 45.9 Å². The lowest BCUT2D eigenvalue weighted by atomic mass is 9.95. The van der Waals surface area contributed by atoms with Crippen molar-refractivity contribution in [2.45, 2.75) is 63.5 Å². The van der Waals surface area contributed by atoms with Crippen molar-refractivity contribution in [2.75, 3.05) is 50.8 Å². The van der Waals surface area contributed by atoms with Gasteiger partial charge in [0.05, 0.1) is 22.7 Å². The fraction of sp³-hybridized carbons (Fsp3) is 0.500. The SMILES string of the molecule is CCc1nc(-c2cc(O)cc3ccc(F)c(OC4CC4)c23)c(F)c2nc(OCC34CCCN3CCC4)nc(N3CCNCC3)c12. The number of nitrogens with one attached hydrogen (secondary N) is 1. The van der Waals surface area contributed by atoms with E-state index in [1.165, 1.54) is 18.2 Å². The van der Waals surface area contributed by atoms with Crippen LogP contribution in [0.3, 0.4) is 0 Å². The normalized spacial score (nSPS) is 19.8. The van der Waals surface area contributed by atoms with Crippen molar-refractivity contribution in [3.8, 4) is 28.8 Å². The second kappa shape index (κ2) is 11.2.